The van der Waals surface area contributed by atoms with Crippen LogP contribution in [0.5, 0.6) is 0 Å². The lowest BCUT2D eigenvalue weighted by Gasteiger charge is -2.30. The van der Waals surface area contributed by atoms with Crippen LogP contribution in [0, 0.1) is 11.3 Å². The van der Waals surface area contributed by atoms with E-state index in [-0.39, 0.29) is 23.9 Å². The lowest BCUT2D eigenvalue weighted by molar-refractivity contribution is 0.0501. The van der Waals surface area contributed by atoms with Crippen molar-refractivity contribution in [2.45, 2.75) is 25.3 Å². The van der Waals surface area contributed by atoms with Crippen molar-refractivity contribution in [1.82, 2.24) is 14.7 Å². The average Bonchev–Trinajstić information content (AvgIpc) is 2.83. The van der Waals surface area contributed by atoms with E-state index in [1.165, 1.54) is 11.0 Å². The minimum atomic E-state index is -2.84. The van der Waals surface area contributed by atoms with Gasteiger partial charge in [-0.1, -0.05) is 0 Å². The second-order valence-corrected chi connectivity index (χ2v) is 4.36. The molecule has 8 heteroatoms. The van der Waals surface area contributed by atoms with E-state index < -0.39 is 12.6 Å². The molecule has 0 spiro atoms. The number of alkyl halides is 2. The summed E-state index contributed by atoms with van der Waals surface area (Å²) in [6.07, 6.45) is 0.147. The summed E-state index contributed by atoms with van der Waals surface area (Å²) in [6, 6.07) is 3.03. The Balaban J connectivity index is 2.28. The van der Waals surface area contributed by atoms with Crippen LogP contribution in [0.15, 0.2) is 6.07 Å². The van der Waals surface area contributed by atoms with Crippen molar-refractivity contribution in [2.75, 3.05) is 13.1 Å². The number of piperidine rings is 1. The lowest BCUT2D eigenvalue weighted by atomic mass is 9.94. The highest BCUT2D eigenvalue weighted by molar-refractivity contribution is 5.65. The van der Waals surface area contributed by atoms with Crippen molar-refractivity contribution >= 4 is 6.09 Å². The van der Waals surface area contributed by atoms with Gasteiger partial charge in [0.15, 0.2) is 5.69 Å². The van der Waals surface area contributed by atoms with E-state index in [4.69, 9.17) is 10.4 Å². The van der Waals surface area contributed by atoms with Gasteiger partial charge in [0.2, 0.25) is 0 Å². The fourth-order valence-electron chi connectivity index (χ4n) is 2.32. The molecule has 6 nitrogen and oxygen atoms in total. The monoisotopic (exact) mass is 270 g/mol. The summed E-state index contributed by atoms with van der Waals surface area (Å²) in [5.74, 6) is -0.353. The maximum atomic E-state index is 12.8. The Hall–Kier alpha value is -2.17. The summed E-state index contributed by atoms with van der Waals surface area (Å²) in [6.45, 7) is -2.28. The number of hydrogen-bond acceptors (Lipinski definition) is 3. The molecule has 0 aromatic carbocycles. The minimum Gasteiger partial charge on any atom is -0.465 e. The quantitative estimate of drug-likeness (QED) is 0.891. The zero-order valence-corrected chi connectivity index (χ0v) is 9.96. The number of halogens is 2. The maximum Gasteiger partial charge on any atom is 0.407 e. The first kappa shape index (κ1) is 13.3. The molecule has 0 radical (unpaired) electrons. The summed E-state index contributed by atoms with van der Waals surface area (Å²) in [5.41, 5.74) is 0.139. The first-order valence-corrected chi connectivity index (χ1v) is 5.78. The largest absolute Gasteiger partial charge is 0.465 e. The Bertz CT molecular complexity index is 523. The van der Waals surface area contributed by atoms with Crippen molar-refractivity contribution in [3.05, 3.63) is 17.5 Å². The molecular weight excluding hydrogens is 258 g/mol. The third-order valence-electron chi connectivity index (χ3n) is 3.17. The van der Waals surface area contributed by atoms with Crippen LogP contribution in [0.2, 0.25) is 0 Å². The van der Waals surface area contributed by atoms with Gasteiger partial charge in [-0.3, -0.25) is 0 Å². The first-order chi connectivity index (χ1) is 9.02. The highest BCUT2D eigenvalue weighted by atomic mass is 19.3. The lowest BCUT2D eigenvalue weighted by Crippen LogP contribution is -2.38. The van der Waals surface area contributed by atoms with Gasteiger partial charge in [-0.15, -0.1) is 0 Å². The molecule has 1 aliphatic rings. The van der Waals surface area contributed by atoms with Crippen LogP contribution in [0.25, 0.3) is 0 Å². The van der Waals surface area contributed by atoms with Crippen LogP contribution in [-0.4, -0.2) is 39.0 Å². The Kier molecular flexibility index (Phi) is 3.64. The van der Waals surface area contributed by atoms with Gasteiger partial charge in [0.1, 0.15) is 6.07 Å². The second-order valence-electron chi connectivity index (χ2n) is 4.36. The van der Waals surface area contributed by atoms with Gasteiger partial charge < -0.3 is 10.0 Å². The van der Waals surface area contributed by atoms with Crippen LogP contribution in [0.1, 0.15) is 36.7 Å². The average molecular weight is 270 g/mol. The van der Waals surface area contributed by atoms with Crippen molar-refractivity contribution in [1.29, 1.82) is 5.26 Å². The van der Waals surface area contributed by atoms with Gasteiger partial charge in [-0.25, -0.2) is 9.48 Å². The van der Waals surface area contributed by atoms with E-state index in [1.807, 2.05) is 0 Å². The third kappa shape index (κ3) is 2.65. The molecule has 1 fully saturated rings. The Labute approximate surface area is 107 Å². The van der Waals surface area contributed by atoms with E-state index in [9.17, 15) is 13.6 Å². The second kappa shape index (κ2) is 5.22. The molecule has 1 atom stereocenters. The number of likely N-dealkylation sites (tertiary alicyclic amines) is 1. The van der Waals surface area contributed by atoms with E-state index in [1.54, 1.807) is 6.07 Å². The standard InChI is InChI=1S/C11H12F2N4O2/c12-10(13)17-9(4-8(5-14)15-17)7-2-1-3-16(6-7)11(18)19/h4,7,10H,1-3,6H2,(H,18,19). The fourth-order valence-corrected chi connectivity index (χ4v) is 2.32. The van der Waals surface area contributed by atoms with E-state index in [0.717, 1.165) is 0 Å². The highest BCUT2D eigenvalue weighted by Crippen LogP contribution is 2.29. The topological polar surface area (TPSA) is 82.1 Å². The number of nitrogens with zero attached hydrogens (tertiary/aromatic N) is 4. The normalized spacial score (nSPS) is 19.5. The van der Waals surface area contributed by atoms with Gasteiger partial charge >= 0.3 is 12.6 Å². The number of aromatic nitrogens is 2. The molecule has 19 heavy (non-hydrogen) atoms. The summed E-state index contributed by atoms with van der Waals surface area (Å²) in [7, 11) is 0. The SMILES string of the molecule is N#Cc1cc(C2CCCN(C(=O)O)C2)n(C(F)F)n1. The van der Waals surface area contributed by atoms with Gasteiger partial charge in [-0.05, 0) is 18.9 Å². The number of carbonyl (C=O) groups is 1. The molecule has 1 saturated heterocycles. The molecule has 2 rings (SSSR count). The molecule has 0 saturated carbocycles. The molecule has 0 bridgehead atoms. The molecule has 1 aromatic rings. The van der Waals surface area contributed by atoms with Crippen LogP contribution in [0.4, 0.5) is 13.6 Å². The number of hydrogen-bond donors (Lipinski definition) is 1. The number of amides is 1. The zero-order valence-electron chi connectivity index (χ0n) is 9.96. The molecule has 1 N–H and O–H groups in total. The van der Waals surface area contributed by atoms with Gasteiger partial charge in [0.25, 0.3) is 0 Å². The van der Waals surface area contributed by atoms with E-state index in [2.05, 4.69) is 5.10 Å². The minimum absolute atomic E-state index is 0.0808. The predicted octanol–water partition coefficient (Wildman–Crippen LogP) is 2.01. The van der Waals surface area contributed by atoms with Gasteiger partial charge in [0.05, 0.1) is 5.69 Å². The van der Waals surface area contributed by atoms with Crippen LogP contribution in [0.3, 0.4) is 0 Å². The summed E-state index contributed by atoms with van der Waals surface area (Å²) >= 11 is 0. The molecular formula is C11H12F2N4O2. The van der Waals surface area contributed by atoms with E-state index >= 15 is 0 Å². The smallest absolute Gasteiger partial charge is 0.407 e. The van der Waals surface area contributed by atoms with E-state index in [0.29, 0.717) is 24.1 Å². The molecule has 1 amide bonds. The van der Waals surface area contributed by atoms with Crippen LogP contribution >= 0.6 is 0 Å². The van der Waals surface area contributed by atoms with Crippen LogP contribution in [-0.2, 0) is 0 Å². The third-order valence-corrected chi connectivity index (χ3v) is 3.17. The van der Waals surface area contributed by atoms with Gasteiger partial charge in [-0.2, -0.15) is 19.1 Å². The Morgan fingerprint density at radius 2 is 2.37 bits per heavy atom. The first-order valence-electron chi connectivity index (χ1n) is 5.78. The van der Waals surface area contributed by atoms with Crippen molar-refractivity contribution < 1.29 is 18.7 Å². The summed E-state index contributed by atoms with van der Waals surface area (Å²) in [5, 5.41) is 21.2. The molecule has 1 aliphatic heterocycles. The number of nitriles is 1. The van der Waals surface area contributed by atoms with Crippen LogP contribution < -0.4 is 0 Å². The fraction of sp³-hybridized carbons (Fsp3) is 0.545. The molecule has 1 unspecified atom stereocenters. The molecule has 0 aliphatic carbocycles. The number of rotatable bonds is 2. The maximum absolute atomic E-state index is 12.8. The Morgan fingerprint density at radius 1 is 1.63 bits per heavy atom. The number of carboxylic acid groups (broad SMARTS) is 1. The molecule has 2 heterocycles. The summed E-state index contributed by atoms with van der Waals surface area (Å²) < 4.78 is 26.2. The van der Waals surface area contributed by atoms with Crippen molar-refractivity contribution in [3.8, 4) is 6.07 Å². The van der Waals surface area contributed by atoms with Gasteiger partial charge in [0, 0.05) is 19.0 Å². The van der Waals surface area contributed by atoms with Crippen molar-refractivity contribution in [3.63, 3.8) is 0 Å². The zero-order chi connectivity index (χ0) is 14.0. The molecule has 1 aromatic heterocycles. The Morgan fingerprint density at radius 3 is 2.95 bits per heavy atom. The molecule has 102 valence electrons. The highest BCUT2D eigenvalue weighted by Gasteiger charge is 2.29. The van der Waals surface area contributed by atoms with Crippen molar-refractivity contribution in [2.24, 2.45) is 0 Å². The predicted molar refractivity (Wildman–Crippen MR) is 59.8 cm³/mol. The summed E-state index contributed by atoms with van der Waals surface area (Å²) in [4.78, 5) is 12.1.